The number of nitrogens with zero attached hydrogens (tertiary/aromatic N) is 1. The van der Waals surface area contributed by atoms with Crippen LogP contribution in [-0.4, -0.2) is 30.9 Å². The summed E-state index contributed by atoms with van der Waals surface area (Å²) in [5.41, 5.74) is 1.58. The molecule has 0 spiro atoms. The van der Waals surface area contributed by atoms with Crippen LogP contribution in [0.4, 0.5) is 0 Å². The molecule has 2 atom stereocenters. The molecule has 1 aromatic carbocycles. The minimum Gasteiger partial charge on any atom is -0.496 e. The first-order chi connectivity index (χ1) is 12.2. The average Bonchev–Trinajstić information content (AvgIpc) is 3.31. The van der Waals surface area contributed by atoms with Gasteiger partial charge in [-0.1, -0.05) is 17.3 Å². The van der Waals surface area contributed by atoms with Gasteiger partial charge >= 0.3 is 0 Å². The molecule has 3 rings (SSSR count). The third-order valence-electron chi connectivity index (χ3n) is 4.17. The number of hydrogen-bond donors (Lipinski definition) is 1. The summed E-state index contributed by atoms with van der Waals surface area (Å²) in [5.74, 6) is 1.48. The third kappa shape index (κ3) is 4.21. The Labute approximate surface area is 146 Å². The maximum atomic E-state index is 12.4. The van der Waals surface area contributed by atoms with Crippen LogP contribution in [0, 0.1) is 0 Å². The maximum absolute atomic E-state index is 12.4. The van der Waals surface area contributed by atoms with Gasteiger partial charge in [-0.15, -0.1) is 0 Å². The molecule has 132 valence electrons. The molecule has 0 saturated carbocycles. The molecular formula is C19H22N2O4. The van der Waals surface area contributed by atoms with E-state index in [1.807, 2.05) is 43.3 Å². The van der Waals surface area contributed by atoms with Crippen LogP contribution in [0.5, 0.6) is 5.75 Å². The molecule has 2 unspecified atom stereocenters. The summed E-state index contributed by atoms with van der Waals surface area (Å²) in [4.78, 5) is 17.7. The Morgan fingerprint density at radius 2 is 2.20 bits per heavy atom. The normalized spacial score (nSPS) is 17.5. The van der Waals surface area contributed by atoms with E-state index in [-0.39, 0.29) is 11.9 Å². The Hall–Kier alpha value is -2.76. The molecule has 1 aliphatic heterocycles. The minimum atomic E-state index is -0.606. The van der Waals surface area contributed by atoms with Crippen molar-refractivity contribution in [1.29, 1.82) is 0 Å². The quantitative estimate of drug-likeness (QED) is 0.840. The van der Waals surface area contributed by atoms with Crippen molar-refractivity contribution in [2.75, 3.05) is 7.11 Å². The van der Waals surface area contributed by atoms with Crippen molar-refractivity contribution in [3.05, 3.63) is 54.0 Å². The standard InChI is InChI=1S/C19H22N2O4/c1-13(9-10-14-6-5-11-24-14)20-19(22)18-12-16(21-25-18)15-7-3-4-8-17(15)23-2/h3-8,11,13,18H,9-10,12H2,1-2H3,(H,20,22). The smallest absolute Gasteiger partial charge is 0.264 e. The van der Waals surface area contributed by atoms with E-state index in [0.29, 0.717) is 6.42 Å². The van der Waals surface area contributed by atoms with Crippen molar-refractivity contribution in [2.24, 2.45) is 5.16 Å². The van der Waals surface area contributed by atoms with Crippen LogP contribution in [0.3, 0.4) is 0 Å². The average molecular weight is 342 g/mol. The van der Waals surface area contributed by atoms with Gasteiger partial charge in [0, 0.05) is 24.4 Å². The summed E-state index contributed by atoms with van der Waals surface area (Å²) < 4.78 is 10.6. The van der Waals surface area contributed by atoms with Gasteiger partial charge in [-0.05, 0) is 37.6 Å². The number of carbonyl (C=O) groups is 1. The van der Waals surface area contributed by atoms with Crippen LogP contribution >= 0.6 is 0 Å². The van der Waals surface area contributed by atoms with Crippen LogP contribution in [0.25, 0.3) is 0 Å². The lowest BCUT2D eigenvalue weighted by atomic mass is 10.0. The highest BCUT2D eigenvalue weighted by Crippen LogP contribution is 2.24. The van der Waals surface area contributed by atoms with Gasteiger partial charge in [0.2, 0.25) is 6.10 Å². The number of nitrogens with one attached hydrogen (secondary N) is 1. The van der Waals surface area contributed by atoms with E-state index in [4.69, 9.17) is 14.0 Å². The lowest BCUT2D eigenvalue weighted by molar-refractivity contribution is -0.131. The Bertz CT molecular complexity index is 740. The lowest BCUT2D eigenvalue weighted by Gasteiger charge is -2.15. The topological polar surface area (TPSA) is 73.1 Å². The summed E-state index contributed by atoms with van der Waals surface area (Å²) in [6.07, 6.45) is 3.06. The lowest BCUT2D eigenvalue weighted by Crippen LogP contribution is -2.40. The molecule has 0 bridgehead atoms. The molecule has 1 aromatic heterocycles. The van der Waals surface area contributed by atoms with Crippen molar-refractivity contribution in [3.63, 3.8) is 0 Å². The van der Waals surface area contributed by atoms with E-state index in [9.17, 15) is 4.79 Å². The number of para-hydroxylation sites is 1. The summed E-state index contributed by atoms with van der Waals surface area (Å²) in [7, 11) is 1.61. The molecule has 0 aliphatic carbocycles. The first-order valence-corrected chi connectivity index (χ1v) is 8.36. The Morgan fingerprint density at radius 3 is 2.96 bits per heavy atom. The number of rotatable bonds is 7. The van der Waals surface area contributed by atoms with E-state index in [2.05, 4.69) is 10.5 Å². The Morgan fingerprint density at radius 1 is 1.36 bits per heavy atom. The van der Waals surface area contributed by atoms with Crippen molar-refractivity contribution in [1.82, 2.24) is 5.32 Å². The van der Waals surface area contributed by atoms with E-state index >= 15 is 0 Å². The number of benzene rings is 1. The van der Waals surface area contributed by atoms with Gasteiger partial charge in [-0.25, -0.2) is 0 Å². The molecule has 1 amide bonds. The fourth-order valence-electron chi connectivity index (χ4n) is 2.78. The van der Waals surface area contributed by atoms with Gasteiger partial charge in [-0.2, -0.15) is 0 Å². The predicted molar refractivity (Wildman–Crippen MR) is 93.7 cm³/mol. The monoisotopic (exact) mass is 342 g/mol. The van der Waals surface area contributed by atoms with Gasteiger partial charge in [0.15, 0.2) is 0 Å². The molecule has 6 nitrogen and oxygen atoms in total. The van der Waals surface area contributed by atoms with Gasteiger partial charge < -0.3 is 19.3 Å². The first-order valence-electron chi connectivity index (χ1n) is 8.36. The molecule has 0 saturated heterocycles. The van der Waals surface area contributed by atoms with Crippen molar-refractivity contribution >= 4 is 11.6 Å². The second kappa shape index (κ2) is 7.88. The van der Waals surface area contributed by atoms with Crippen LogP contribution in [0.2, 0.25) is 0 Å². The molecule has 0 fully saturated rings. The molecule has 2 heterocycles. The Balaban J connectivity index is 1.51. The third-order valence-corrected chi connectivity index (χ3v) is 4.17. The maximum Gasteiger partial charge on any atom is 0.264 e. The SMILES string of the molecule is COc1ccccc1C1=NOC(C(=O)NC(C)CCc2ccco2)C1. The van der Waals surface area contributed by atoms with Gasteiger partial charge in [-0.3, -0.25) is 4.79 Å². The van der Waals surface area contributed by atoms with Crippen molar-refractivity contribution < 1.29 is 18.8 Å². The van der Waals surface area contributed by atoms with Crippen LogP contribution in [0.15, 0.2) is 52.2 Å². The first kappa shape index (κ1) is 17.1. The number of methoxy groups -OCH3 is 1. The number of oxime groups is 1. The number of carbonyl (C=O) groups excluding carboxylic acids is 1. The molecular weight excluding hydrogens is 320 g/mol. The summed E-state index contributed by atoms with van der Waals surface area (Å²) in [6.45, 7) is 1.97. The highest BCUT2D eigenvalue weighted by Gasteiger charge is 2.30. The summed E-state index contributed by atoms with van der Waals surface area (Å²) >= 11 is 0. The zero-order chi connectivity index (χ0) is 17.6. The Kier molecular flexibility index (Phi) is 5.38. The number of furan rings is 1. The van der Waals surface area contributed by atoms with Crippen molar-refractivity contribution in [3.8, 4) is 5.75 Å². The van der Waals surface area contributed by atoms with E-state index in [1.165, 1.54) is 0 Å². The van der Waals surface area contributed by atoms with Crippen LogP contribution in [0.1, 0.15) is 31.1 Å². The molecule has 25 heavy (non-hydrogen) atoms. The molecule has 2 aromatic rings. The minimum absolute atomic E-state index is 0.0245. The van der Waals surface area contributed by atoms with Gasteiger partial charge in [0.05, 0.1) is 19.1 Å². The van der Waals surface area contributed by atoms with Crippen LogP contribution in [-0.2, 0) is 16.1 Å². The molecule has 1 N–H and O–H groups in total. The van der Waals surface area contributed by atoms with Crippen molar-refractivity contribution in [2.45, 2.75) is 38.3 Å². The fourth-order valence-corrected chi connectivity index (χ4v) is 2.78. The number of ether oxygens (including phenoxy) is 1. The number of amides is 1. The highest BCUT2D eigenvalue weighted by molar-refractivity contribution is 6.05. The van der Waals surface area contributed by atoms with E-state index in [0.717, 1.165) is 35.6 Å². The molecule has 1 aliphatic rings. The van der Waals surface area contributed by atoms with Gasteiger partial charge in [0.25, 0.3) is 5.91 Å². The second-order valence-corrected chi connectivity index (χ2v) is 6.06. The zero-order valence-electron chi connectivity index (χ0n) is 14.4. The fraction of sp³-hybridized carbons (Fsp3) is 0.368. The largest absolute Gasteiger partial charge is 0.496 e. The summed E-state index contributed by atoms with van der Waals surface area (Å²) in [6, 6.07) is 11.4. The van der Waals surface area contributed by atoms with Gasteiger partial charge in [0.1, 0.15) is 11.5 Å². The highest BCUT2D eigenvalue weighted by atomic mass is 16.6. The number of aryl methyl sites for hydroxylation is 1. The van der Waals surface area contributed by atoms with Crippen LogP contribution < -0.4 is 10.1 Å². The van der Waals surface area contributed by atoms with E-state index in [1.54, 1.807) is 13.4 Å². The summed E-state index contributed by atoms with van der Waals surface area (Å²) in [5, 5.41) is 7.05. The van der Waals surface area contributed by atoms with E-state index < -0.39 is 6.10 Å². The predicted octanol–water partition coefficient (Wildman–Crippen LogP) is 2.92. The molecule has 0 radical (unpaired) electrons. The zero-order valence-corrected chi connectivity index (χ0v) is 14.4. The number of hydrogen-bond acceptors (Lipinski definition) is 5. The second-order valence-electron chi connectivity index (χ2n) is 6.06. The molecule has 6 heteroatoms.